The summed E-state index contributed by atoms with van der Waals surface area (Å²) in [6.45, 7) is 0.471. The first-order valence-corrected chi connectivity index (χ1v) is 5.98. The Morgan fingerprint density at radius 1 is 1.55 bits per heavy atom. The molecule has 0 bridgehead atoms. The minimum absolute atomic E-state index is 0.0757. The van der Waals surface area contributed by atoms with E-state index in [4.69, 9.17) is 10.9 Å². The number of imidazole rings is 1. The molecule has 0 aliphatic rings. The number of nitrogens with zero attached hydrogens (tertiary/aromatic N) is 4. The number of hydrogen-bond donors (Lipinski definition) is 2. The van der Waals surface area contributed by atoms with Crippen molar-refractivity contribution < 1.29 is 9.60 Å². The van der Waals surface area contributed by atoms with Crippen LogP contribution in [0.15, 0.2) is 35.7 Å². The first-order chi connectivity index (χ1) is 9.54. The Morgan fingerprint density at radius 2 is 2.30 bits per heavy atom. The van der Waals surface area contributed by atoms with Gasteiger partial charge in [0.2, 0.25) is 0 Å². The van der Waals surface area contributed by atoms with Gasteiger partial charge in [0.05, 0.1) is 17.8 Å². The zero-order chi connectivity index (χ0) is 14.7. The fraction of sp³-hybridized carbons (Fsp3) is 0.231. The van der Waals surface area contributed by atoms with Gasteiger partial charge in [0.25, 0.3) is 0 Å². The van der Waals surface area contributed by atoms with E-state index < -0.39 is 5.82 Å². The number of rotatable bonds is 4. The zero-order valence-electron chi connectivity index (χ0n) is 11.3. The van der Waals surface area contributed by atoms with Crippen LogP contribution >= 0.6 is 0 Å². The monoisotopic (exact) mass is 277 g/mol. The van der Waals surface area contributed by atoms with Gasteiger partial charge in [-0.25, -0.2) is 9.37 Å². The maximum atomic E-state index is 13.9. The van der Waals surface area contributed by atoms with Crippen LogP contribution in [0.5, 0.6) is 0 Å². The van der Waals surface area contributed by atoms with E-state index in [0.29, 0.717) is 12.2 Å². The molecule has 0 atom stereocenters. The molecule has 0 saturated heterocycles. The number of aryl methyl sites for hydroxylation is 1. The standard InChI is InChI=1S/C13H16FN5O/c1-18-7-6-16-11(18)8-19(2)10-5-3-4-9(14)12(10)13(15)17-20/h3-7,20H,8H2,1-2H3,(H2,15,17). The summed E-state index contributed by atoms with van der Waals surface area (Å²) in [4.78, 5) is 6.01. The van der Waals surface area contributed by atoms with Crippen molar-refractivity contribution in [2.45, 2.75) is 6.54 Å². The molecule has 2 aromatic rings. The summed E-state index contributed by atoms with van der Waals surface area (Å²) >= 11 is 0. The fourth-order valence-electron chi connectivity index (χ4n) is 1.98. The molecular formula is C13H16FN5O. The molecule has 1 heterocycles. The normalized spacial score (nSPS) is 11.7. The summed E-state index contributed by atoms with van der Waals surface area (Å²) in [6.07, 6.45) is 3.53. The van der Waals surface area contributed by atoms with E-state index in [-0.39, 0.29) is 11.4 Å². The van der Waals surface area contributed by atoms with Crippen LogP contribution in [0.2, 0.25) is 0 Å². The van der Waals surface area contributed by atoms with Gasteiger partial charge in [0.15, 0.2) is 5.84 Å². The number of aromatic nitrogens is 2. The summed E-state index contributed by atoms with van der Waals surface area (Å²) < 4.78 is 15.8. The predicted molar refractivity (Wildman–Crippen MR) is 74.2 cm³/mol. The van der Waals surface area contributed by atoms with Crippen molar-refractivity contribution in [1.29, 1.82) is 0 Å². The molecule has 0 spiro atoms. The van der Waals surface area contributed by atoms with Crippen LogP contribution < -0.4 is 10.6 Å². The lowest BCUT2D eigenvalue weighted by molar-refractivity contribution is 0.318. The second-order valence-electron chi connectivity index (χ2n) is 4.43. The van der Waals surface area contributed by atoms with Crippen LogP contribution in [0.3, 0.4) is 0 Å². The second kappa shape index (κ2) is 5.60. The minimum atomic E-state index is -0.538. The van der Waals surface area contributed by atoms with E-state index >= 15 is 0 Å². The molecule has 106 valence electrons. The van der Waals surface area contributed by atoms with Gasteiger partial charge >= 0.3 is 0 Å². The molecule has 3 N–H and O–H groups in total. The summed E-state index contributed by atoms with van der Waals surface area (Å²) in [5.41, 5.74) is 6.16. The van der Waals surface area contributed by atoms with Crippen molar-refractivity contribution >= 4 is 11.5 Å². The van der Waals surface area contributed by atoms with Crippen LogP contribution in [0, 0.1) is 5.82 Å². The van der Waals surface area contributed by atoms with Crippen LogP contribution in [-0.4, -0.2) is 27.6 Å². The molecule has 20 heavy (non-hydrogen) atoms. The van der Waals surface area contributed by atoms with E-state index in [1.54, 1.807) is 30.3 Å². The average molecular weight is 277 g/mol. The summed E-state index contributed by atoms with van der Waals surface area (Å²) in [6, 6.07) is 4.55. The molecule has 0 fully saturated rings. The van der Waals surface area contributed by atoms with Crippen molar-refractivity contribution in [3.63, 3.8) is 0 Å². The number of halogens is 1. The highest BCUT2D eigenvalue weighted by atomic mass is 19.1. The molecule has 0 aliphatic heterocycles. The molecule has 6 nitrogen and oxygen atoms in total. The van der Waals surface area contributed by atoms with E-state index in [0.717, 1.165) is 5.82 Å². The van der Waals surface area contributed by atoms with E-state index in [1.807, 2.05) is 17.8 Å². The van der Waals surface area contributed by atoms with E-state index in [1.165, 1.54) is 6.07 Å². The highest BCUT2D eigenvalue weighted by Crippen LogP contribution is 2.23. The van der Waals surface area contributed by atoms with Gasteiger partial charge in [-0.2, -0.15) is 0 Å². The number of benzene rings is 1. The van der Waals surface area contributed by atoms with Gasteiger partial charge in [-0.1, -0.05) is 11.2 Å². The summed E-state index contributed by atoms with van der Waals surface area (Å²) in [7, 11) is 3.67. The fourth-order valence-corrected chi connectivity index (χ4v) is 1.98. The lowest BCUT2D eigenvalue weighted by Gasteiger charge is -2.22. The lowest BCUT2D eigenvalue weighted by atomic mass is 10.1. The summed E-state index contributed by atoms with van der Waals surface area (Å²) in [5, 5.41) is 11.7. The van der Waals surface area contributed by atoms with Gasteiger partial charge in [-0.3, -0.25) is 0 Å². The number of hydrogen-bond acceptors (Lipinski definition) is 4. The third-order valence-electron chi connectivity index (χ3n) is 3.07. The predicted octanol–water partition coefficient (Wildman–Crippen LogP) is 1.29. The van der Waals surface area contributed by atoms with Crippen molar-refractivity contribution in [3.05, 3.63) is 47.8 Å². The molecular weight excluding hydrogens is 261 g/mol. The Kier molecular flexibility index (Phi) is 3.88. The number of amidine groups is 1. The average Bonchev–Trinajstić information content (AvgIpc) is 2.83. The van der Waals surface area contributed by atoms with Gasteiger partial charge in [0, 0.05) is 26.5 Å². The van der Waals surface area contributed by atoms with Gasteiger partial charge < -0.3 is 20.4 Å². The van der Waals surface area contributed by atoms with Crippen LogP contribution in [0.1, 0.15) is 11.4 Å². The van der Waals surface area contributed by atoms with Crippen molar-refractivity contribution in [3.8, 4) is 0 Å². The quantitative estimate of drug-likeness (QED) is 0.382. The Morgan fingerprint density at radius 3 is 2.90 bits per heavy atom. The lowest BCUT2D eigenvalue weighted by Crippen LogP contribution is -2.25. The first kappa shape index (κ1) is 13.9. The first-order valence-electron chi connectivity index (χ1n) is 5.98. The molecule has 0 aliphatic carbocycles. The van der Waals surface area contributed by atoms with E-state index in [2.05, 4.69) is 10.1 Å². The number of oxime groups is 1. The maximum Gasteiger partial charge on any atom is 0.175 e. The molecule has 7 heteroatoms. The highest BCUT2D eigenvalue weighted by Gasteiger charge is 2.17. The largest absolute Gasteiger partial charge is 0.409 e. The van der Waals surface area contributed by atoms with Crippen LogP contribution in [-0.2, 0) is 13.6 Å². The molecule has 0 unspecified atom stereocenters. The topological polar surface area (TPSA) is 79.7 Å². The number of nitrogens with two attached hydrogens (primary N) is 1. The third kappa shape index (κ3) is 2.56. The SMILES string of the molecule is CN(Cc1nccn1C)c1cccc(F)c1C(N)=NO. The van der Waals surface area contributed by atoms with Crippen molar-refractivity contribution in [2.75, 3.05) is 11.9 Å². The maximum absolute atomic E-state index is 13.9. The van der Waals surface area contributed by atoms with Crippen molar-refractivity contribution in [1.82, 2.24) is 9.55 Å². The number of anilines is 1. The Balaban J connectivity index is 2.37. The van der Waals surface area contributed by atoms with Gasteiger partial charge in [0.1, 0.15) is 11.6 Å². The highest BCUT2D eigenvalue weighted by molar-refractivity contribution is 6.02. The molecule has 0 saturated carbocycles. The summed E-state index contributed by atoms with van der Waals surface area (Å²) in [5.74, 6) is 0.0245. The molecule has 2 rings (SSSR count). The van der Waals surface area contributed by atoms with Gasteiger partial charge in [-0.15, -0.1) is 0 Å². The second-order valence-corrected chi connectivity index (χ2v) is 4.43. The molecule has 1 aromatic carbocycles. The Bertz CT molecular complexity index is 637. The van der Waals surface area contributed by atoms with Gasteiger partial charge in [-0.05, 0) is 12.1 Å². The van der Waals surface area contributed by atoms with Crippen LogP contribution in [0.4, 0.5) is 10.1 Å². The zero-order valence-corrected chi connectivity index (χ0v) is 11.3. The minimum Gasteiger partial charge on any atom is -0.409 e. The smallest absolute Gasteiger partial charge is 0.175 e. The Hall–Kier alpha value is -2.57. The molecule has 1 aromatic heterocycles. The third-order valence-corrected chi connectivity index (χ3v) is 3.07. The Labute approximate surface area is 115 Å². The molecule has 0 amide bonds. The van der Waals surface area contributed by atoms with E-state index in [9.17, 15) is 4.39 Å². The molecule has 0 radical (unpaired) electrons. The van der Waals surface area contributed by atoms with Crippen LogP contribution in [0.25, 0.3) is 0 Å². The van der Waals surface area contributed by atoms with Crippen molar-refractivity contribution in [2.24, 2.45) is 17.9 Å².